The molecule has 0 spiro atoms. The van der Waals surface area contributed by atoms with Crippen LogP contribution in [0.25, 0.3) is 5.69 Å². The number of alkyl halides is 3. The topological polar surface area (TPSA) is 82.8 Å². The Morgan fingerprint density at radius 2 is 2.16 bits per heavy atom. The number of tetrazole rings is 1. The molecule has 0 bridgehead atoms. The largest absolute Gasteiger partial charge is 0.480 e. The summed E-state index contributed by atoms with van der Waals surface area (Å²) in [4.78, 5) is 14.5. The van der Waals surface area contributed by atoms with Crippen LogP contribution in [0.5, 0.6) is 5.88 Å². The third kappa shape index (κ3) is 2.37. The minimum Gasteiger partial charge on any atom is -0.480 e. The average molecular weight is 273 g/mol. The molecule has 19 heavy (non-hydrogen) atoms. The lowest BCUT2D eigenvalue weighted by molar-refractivity contribution is -0.146. The maximum Gasteiger partial charge on any atom is 0.453 e. The van der Waals surface area contributed by atoms with Crippen molar-refractivity contribution >= 4 is 6.29 Å². The van der Waals surface area contributed by atoms with Crippen LogP contribution in [0.1, 0.15) is 16.2 Å². The van der Waals surface area contributed by atoms with E-state index < -0.39 is 12.0 Å². The van der Waals surface area contributed by atoms with Crippen molar-refractivity contribution in [3.8, 4) is 11.6 Å². The van der Waals surface area contributed by atoms with Gasteiger partial charge >= 0.3 is 6.18 Å². The Bertz CT molecular complexity index is 610. The van der Waals surface area contributed by atoms with Crippen LogP contribution in [0.15, 0.2) is 12.3 Å². The lowest BCUT2D eigenvalue weighted by Gasteiger charge is -2.08. The van der Waals surface area contributed by atoms with Crippen LogP contribution in [0, 0.1) is 0 Å². The molecule has 0 atom stereocenters. The zero-order chi connectivity index (χ0) is 14.0. The molecule has 0 fully saturated rings. The van der Waals surface area contributed by atoms with Crippen LogP contribution < -0.4 is 4.74 Å². The maximum absolute atomic E-state index is 12.6. The summed E-state index contributed by atoms with van der Waals surface area (Å²) in [6.07, 6.45) is -3.24. The first kappa shape index (κ1) is 12.9. The molecule has 0 aliphatic heterocycles. The fourth-order valence-corrected chi connectivity index (χ4v) is 1.37. The van der Waals surface area contributed by atoms with Gasteiger partial charge in [0.15, 0.2) is 6.29 Å². The van der Waals surface area contributed by atoms with Crippen molar-refractivity contribution in [3.05, 3.63) is 23.7 Å². The predicted molar refractivity (Wildman–Crippen MR) is 53.9 cm³/mol. The molecule has 2 rings (SSSR count). The molecule has 0 saturated carbocycles. The van der Waals surface area contributed by atoms with Crippen molar-refractivity contribution in [1.82, 2.24) is 25.2 Å². The number of pyridine rings is 1. The third-order valence-corrected chi connectivity index (χ3v) is 2.15. The first-order valence-corrected chi connectivity index (χ1v) is 4.82. The van der Waals surface area contributed by atoms with E-state index in [2.05, 4.69) is 20.5 Å². The number of hydrogen-bond donors (Lipinski definition) is 0. The fourth-order valence-electron chi connectivity index (χ4n) is 1.37. The molecule has 0 aliphatic rings. The third-order valence-electron chi connectivity index (χ3n) is 2.15. The Morgan fingerprint density at radius 1 is 1.42 bits per heavy atom. The highest BCUT2D eigenvalue weighted by atomic mass is 19.4. The quantitative estimate of drug-likeness (QED) is 0.772. The van der Waals surface area contributed by atoms with Crippen molar-refractivity contribution in [1.29, 1.82) is 0 Å². The molecule has 0 N–H and O–H groups in total. The molecule has 0 amide bonds. The van der Waals surface area contributed by atoms with Gasteiger partial charge in [-0.1, -0.05) is 0 Å². The van der Waals surface area contributed by atoms with Crippen LogP contribution in [-0.2, 0) is 6.18 Å². The highest BCUT2D eigenvalue weighted by Crippen LogP contribution is 2.28. The van der Waals surface area contributed by atoms with Gasteiger partial charge in [-0.15, -0.1) is 5.10 Å². The minimum absolute atomic E-state index is 0.000355. The van der Waals surface area contributed by atoms with Crippen LogP contribution in [-0.4, -0.2) is 38.6 Å². The second-order valence-electron chi connectivity index (χ2n) is 3.32. The van der Waals surface area contributed by atoms with Crippen LogP contribution >= 0.6 is 0 Å². The number of halogens is 3. The number of ether oxygens (including phenoxy) is 1. The molecule has 0 aliphatic carbocycles. The molecule has 0 aromatic carbocycles. The Kier molecular flexibility index (Phi) is 3.15. The zero-order valence-electron chi connectivity index (χ0n) is 9.42. The Labute approximate surface area is 104 Å². The van der Waals surface area contributed by atoms with Gasteiger partial charge in [0.2, 0.25) is 5.88 Å². The summed E-state index contributed by atoms with van der Waals surface area (Å²) >= 11 is 0. The van der Waals surface area contributed by atoms with Crippen molar-refractivity contribution in [2.45, 2.75) is 6.18 Å². The standard InChI is InChI=1S/C9H6F3N5O2/c1-19-7-5(4-18)2-6(3-13-7)17-8(9(10,11)12)14-15-16-17/h2-4H,1H3. The first-order chi connectivity index (χ1) is 8.97. The van der Waals surface area contributed by atoms with Crippen molar-refractivity contribution < 1.29 is 22.7 Å². The second-order valence-corrected chi connectivity index (χ2v) is 3.32. The number of methoxy groups -OCH3 is 1. The smallest absolute Gasteiger partial charge is 0.453 e. The summed E-state index contributed by atoms with van der Waals surface area (Å²) in [6.45, 7) is 0. The summed E-state index contributed by atoms with van der Waals surface area (Å²) in [5, 5.41) is 9.07. The number of hydrogen-bond acceptors (Lipinski definition) is 6. The van der Waals surface area contributed by atoms with E-state index in [9.17, 15) is 18.0 Å². The van der Waals surface area contributed by atoms with E-state index in [1.165, 1.54) is 7.11 Å². The first-order valence-electron chi connectivity index (χ1n) is 4.82. The summed E-state index contributed by atoms with van der Waals surface area (Å²) in [6, 6.07) is 1.14. The van der Waals surface area contributed by atoms with Crippen molar-refractivity contribution in [2.75, 3.05) is 7.11 Å². The number of rotatable bonds is 3. The van der Waals surface area contributed by atoms with E-state index >= 15 is 0 Å². The van der Waals surface area contributed by atoms with Gasteiger partial charge in [-0.25, -0.2) is 4.98 Å². The van der Waals surface area contributed by atoms with Crippen LogP contribution in [0.4, 0.5) is 13.2 Å². The molecule has 2 aromatic heterocycles. The highest BCUT2D eigenvalue weighted by molar-refractivity contribution is 5.79. The average Bonchev–Trinajstić information content (AvgIpc) is 2.87. The van der Waals surface area contributed by atoms with Gasteiger partial charge in [-0.05, 0) is 16.5 Å². The highest BCUT2D eigenvalue weighted by Gasteiger charge is 2.38. The van der Waals surface area contributed by atoms with Gasteiger partial charge in [0.25, 0.3) is 5.82 Å². The van der Waals surface area contributed by atoms with Gasteiger partial charge in [0.1, 0.15) is 0 Å². The van der Waals surface area contributed by atoms with Gasteiger partial charge in [0.05, 0.1) is 24.6 Å². The Hall–Kier alpha value is -2.52. The van der Waals surface area contributed by atoms with E-state index in [-0.39, 0.29) is 17.1 Å². The van der Waals surface area contributed by atoms with E-state index in [0.29, 0.717) is 11.0 Å². The lowest BCUT2D eigenvalue weighted by Crippen LogP contribution is -2.15. The molecular formula is C9H6F3N5O2. The lowest BCUT2D eigenvalue weighted by atomic mass is 10.2. The van der Waals surface area contributed by atoms with Crippen LogP contribution in [0.3, 0.4) is 0 Å². The Morgan fingerprint density at radius 3 is 2.74 bits per heavy atom. The van der Waals surface area contributed by atoms with Gasteiger partial charge < -0.3 is 4.74 Å². The summed E-state index contributed by atoms with van der Waals surface area (Å²) in [5.74, 6) is -1.31. The summed E-state index contributed by atoms with van der Waals surface area (Å²) < 4.78 is 43.1. The predicted octanol–water partition coefficient (Wildman–Crippen LogP) is 0.897. The molecule has 0 unspecified atom stereocenters. The SMILES string of the molecule is COc1ncc(-n2nnnc2C(F)(F)F)cc1C=O. The van der Waals surface area contributed by atoms with E-state index in [1.807, 2.05) is 0 Å². The number of carbonyl (C=O) groups excluding carboxylic acids is 1. The number of aromatic nitrogens is 5. The van der Waals surface area contributed by atoms with Crippen LogP contribution in [0.2, 0.25) is 0 Å². The summed E-state index contributed by atoms with van der Waals surface area (Å²) in [7, 11) is 1.28. The fraction of sp³-hybridized carbons (Fsp3) is 0.222. The van der Waals surface area contributed by atoms with E-state index in [1.54, 1.807) is 0 Å². The zero-order valence-corrected chi connectivity index (χ0v) is 9.42. The molecule has 2 aromatic rings. The number of aldehydes is 1. The van der Waals surface area contributed by atoms with Gasteiger partial charge in [-0.2, -0.15) is 17.9 Å². The summed E-state index contributed by atoms with van der Waals surface area (Å²) in [5.41, 5.74) is -0.108. The van der Waals surface area contributed by atoms with E-state index in [0.717, 1.165) is 12.3 Å². The molecule has 100 valence electrons. The molecule has 7 nitrogen and oxygen atoms in total. The number of carbonyl (C=O) groups is 1. The van der Waals surface area contributed by atoms with Gasteiger partial charge in [-0.3, -0.25) is 4.79 Å². The molecule has 0 radical (unpaired) electrons. The maximum atomic E-state index is 12.6. The van der Waals surface area contributed by atoms with Crippen molar-refractivity contribution in [2.24, 2.45) is 0 Å². The normalized spacial score (nSPS) is 11.4. The molecule has 10 heteroatoms. The second kappa shape index (κ2) is 4.63. The van der Waals surface area contributed by atoms with E-state index in [4.69, 9.17) is 4.74 Å². The molecule has 0 saturated heterocycles. The minimum atomic E-state index is -4.72. The number of nitrogens with zero attached hydrogens (tertiary/aromatic N) is 5. The molecule has 2 heterocycles. The molecular weight excluding hydrogens is 267 g/mol. The Balaban J connectivity index is 2.54. The van der Waals surface area contributed by atoms with Gasteiger partial charge in [0, 0.05) is 0 Å². The van der Waals surface area contributed by atoms with Crippen molar-refractivity contribution in [3.63, 3.8) is 0 Å². The monoisotopic (exact) mass is 273 g/mol.